The summed E-state index contributed by atoms with van der Waals surface area (Å²) in [5.74, 6) is 0.0471. The topological polar surface area (TPSA) is 0 Å². The van der Waals surface area contributed by atoms with E-state index in [9.17, 15) is 0 Å². The molecule has 0 heterocycles. The van der Waals surface area contributed by atoms with Gasteiger partial charge in [0.05, 0.1) is 5.41 Å². The molecule has 0 aliphatic heterocycles. The molecular weight excluding hydrogens is 444 g/mol. The molecule has 1 aliphatic carbocycles. The van der Waals surface area contributed by atoms with E-state index in [4.69, 9.17) is 0 Å². The van der Waals surface area contributed by atoms with Crippen LogP contribution in [0.4, 0.5) is 0 Å². The number of fused-ring (bicyclic) bond motifs is 1. The Morgan fingerprint density at radius 3 is 1.41 bits per heavy atom. The molecule has 1 atom stereocenters. The molecule has 0 heteroatoms. The molecule has 5 rings (SSSR count). The molecule has 1 unspecified atom stereocenters. The normalized spacial score (nSPS) is 17.0. The van der Waals surface area contributed by atoms with Crippen molar-refractivity contribution in [3.05, 3.63) is 155 Å². The number of hydrogen-bond donors (Lipinski definition) is 0. The molecule has 0 spiro atoms. The fourth-order valence-corrected chi connectivity index (χ4v) is 6.75. The molecule has 0 amide bonds. The van der Waals surface area contributed by atoms with Crippen LogP contribution in [0.15, 0.2) is 116 Å². The van der Waals surface area contributed by atoms with Gasteiger partial charge in [-0.05, 0) is 69.5 Å². The molecule has 0 fully saturated rings. The molecular formula is C37H40. The first-order chi connectivity index (χ1) is 17.7. The fraction of sp³-hybridized carbons (Fsp3) is 0.297. The molecule has 0 nitrogen and oxygen atoms in total. The maximum Gasteiger partial charge on any atom is 0.0554 e. The zero-order chi connectivity index (χ0) is 26.3. The minimum Gasteiger partial charge on any atom is -0.102 e. The van der Waals surface area contributed by atoms with Gasteiger partial charge >= 0.3 is 0 Å². The quantitative estimate of drug-likeness (QED) is 0.189. The molecule has 0 aromatic heterocycles. The Kier molecular flexibility index (Phi) is 6.48. The summed E-state index contributed by atoms with van der Waals surface area (Å²) in [6.45, 7) is 16.5. The van der Waals surface area contributed by atoms with E-state index >= 15 is 0 Å². The number of benzene rings is 4. The first kappa shape index (κ1) is 25.3. The lowest BCUT2D eigenvalue weighted by atomic mass is 9.57. The van der Waals surface area contributed by atoms with Gasteiger partial charge < -0.3 is 0 Å². The SMILES string of the molecule is C=CC(c1cc2c(cc1C)C(C)(C)CCC2(C)C)C(c1ccccc1)(c1ccccc1)c1ccccc1. The Bertz CT molecular complexity index is 1280. The predicted octanol–water partition coefficient (Wildman–Crippen LogP) is 9.65. The van der Waals surface area contributed by atoms with Gasteiger partial charge in [-0.3, -0.25) is 0 Å². The molecule has 188 valence electrons. The third kappa shape index (κ3) is 4.17. The van der Waals surface area contributed by atoms with E-state index in [-0.39, 0.29) is 16.7 Å². The van der Waals surface area contributed by atoms with Crippen molar-refractivity contribution in [3.63, 3.8) is 0 Å². The summed E-state index contributed by atoms with van der Waals surface area (Å²) in [6, 6.07) is 38.1. The van der Waals surface area contributed by atoms with Crippen LogP contribution in [0.2, 0.25) is 0 Å². The Morgan fingerprint density at radius 1 is 0.649 bits per heavy atom. The monoisotopic (exact) mass is 484 g/mol. The van der Waals surface area contributed by atoms with E-state index in [2.05, 4.69) is 150 Å². The highest BCUT2D eigenvalue weighted by Crippen LogP contribution is 2.53. The van der Waals surface area contributed by atoms with Crippen LogP contribution in [0.5, 0.6) is 0 Å². The fourth-order valence-electron chi connectivity index (χ4n) is 6.75. The Balaban J connectivity index is 1.87. The standard InChI is InChI=1S/C37H40/c1-7-32(31-26-34-33(25-27(31)2)35(3,4)23-24-36(34,5)6)37(28-17-11-8-12-18-28,29-19-13-9-14-20-29)30-21-15-10-16-22-30/h7-22,25-26,32H,1,23-24H2,2-6H3. The Labute approximate surface area is 224 Å². The van der Waals surface area contributed by atoms with Crippen LogP contribution in [-0.4, -0.2) is 0 Å². The van der Waals surface area contributed by atoms with Gasteiger partial charge in [0, 0.05) is 5.92 Å². The van der Waals surface area contributed by atoms with E-state index < -0.39 is 5.41 Å². The summed E-state index contributed by atoms with van der Waals surface area (Å²) in [6.07, 6.45) is 4.62. The van der Waals surface area contributed by atoms with Crippen molar-refractivity contribution in [2.24, 2.45) is 0 Å². The van der Waals surface area contributed by atoms with Crippen molar-refractivity contribution in [2.75, 3.05) is 0 Å². The molecule has 37 heavy (non-hydrogen) atoms. The molecule has 0 saturated heterocycles. The first-order valence-electron chi connectivity index (χ1n) is 13.7. The summed E-state index contributed by atoms with van der Waals surface area (Å²) in [7, 11) is 0. The van der Waals surface area contributed by atoms with Crippen molar-refractivity contribution in [1.29, 1.82) is 0 Å². The van der Waals surface area contributed by atoms with Gasteiger partial charge in [0.15, 0.2) is 0 Å². The van der Waals surface area contributed by atoms with Crippen molar-refractivity contribution >= 4 is 0 Å². The summed E-state index contributed by atoms with van der Waals surface area (Å²) in [5.41, 5.74) is 9.51. The lowest BCUT2D eigenvalue weighted by Gasteiger charge is -2.45. The number of aryl methyl sites for hydroxylation is 1. The zero-order valence-corrected chi connectivity index (χ0v) is 23.1. The molecule has 0 bridgehead atoms. The highest BCUT2D eigenvalue weighted by atomic mass is 14.5. The van der Waals surface area contributed by atoms with E-state index in [1.165, 1.54) is 51.8 Å². The van der Waals surface area contributed by atoms with Crippen LogP contribution >= 0.6 is 0 Å². The van der Waals surface area contributed by atoms with Gasteiger partial charge in [-0.1, -0.05) is 137 Å². The minimum atomic E-state index is -0.418. The lowest BCUT2D eigenvalue weighted by molar-refractivity contribution is 0.331. The summed E-state index contributed by atoms with van der Waals surface area (Å²) in [4.78, 5) is 0. The smallest absolute Gasteiger partial charge is 0.0554 e. The highest BCUT2D eigenvalue weighted by Gasteiger charge is 2.45. The maximum absolute atomic E-state index is 4.50. The van der Waals surface area contributed by atoms with Gasteiger partial charge in [0.2, 0.25) is 0 Å². The largest absolute Gasteiger partial charge is 0.102 e. The third-order valence-electron chi connectivity index (χ3n) is 8.96. The summed E-state index contributed by atoms with van der Waals surface area (Å²) >= 11 is 0. The average molecular weight is 485 g/mol. The Morgan fingerprint density at radius 2 is 1.03 bits per heavy atom. The average Bonchev–Trinajstić information content (AvgIpc) is 2.91. The van der Waals surface area contributed by atoms with Crippen LogP contribution in [0.25, 0.3) is 0 Å². The van der Waals surface area contributed by atoms with Crippen molar-refractivity contribution in [3.8, 4) is 0 Å². The van der Waals surface area contributed by atoms with E-state index in [0.717, 1.165) is 0 Å². The van der Waals surface area contributed by atoms with Crippen LogP contribution in [-0.2, 0) is 16.2 Å². The number of allylic oxidation sites excluding steroid dienone is 1. The maximum atomic E-state index is 4.50. The molecule has 1 aliphatic rings. The zero-order valence-electron chi connectivity index (χ0n) is 23.1. The second kappa shape index (κ2) is 9.49. The third-order valence-corrected chi connectivity index (χ3v) is 8.96. The molecule has 0 radical (unpaired) electrons. The van der Waals surface area contributed by atoms with Gasteiger partial charge in [0.25, 0.3) is 0 Å². The summed E-state index contributed by atoms with van der Waals surface area (Å²) < 4.78 is 0. The van der Waals surface area contributed by atoms with Crippen LogP contribution in [0.3, 0.4) is 0 Å². The van der Waals surface area contributed by atoms with Crippen LogP contribution < -0.4 is 0 Å². The lowest BCUT2D eigenvalue weighted by Crippen LogP contribution is -2.37. The molecule has 0 saturated carbocycles. The van der Waals surface area contributed by atoms with Crippen molar-refractivity contribution in [2.45, 2.75) is 69.6 Å². The number of hydrogen-bond acceptors (Lipinski definition) is 0. The van der Waals surface area contributed by atoms with Gasteiger partial charge in [-0.25, -0.2) is 0 Å². The van der Waals surface area contributed by atoms with Gasteiger partial charge in [-0.2, -0.15) is 0 Å². The predicted molar refractivity (Wildman–Crippen MR) is 159 cm³/mol. The molecule has 4 aromatic rings. The second-order valence-corrected chi connectivity index (χ2v) is 12.1. The highest BCUT2D eigenvalue weighted by molar-refractivity contribution is 5.59. The van der Waals surface area contributed by atoms with Crippen LogP contribution in [0, 0.1) is 6.92 Å². The summed E-state index contributed by atoms with van der Waals surface area (Å²) in [5, 5.41) is 0. The van der Waals surface area contributed by atoms with Crippen molar-refractivity contribution < 1.29 is 0 Å². The van der Waals surface area contributed by atoms with Gasteiger partial charge in [0.1, 0.15) is 0 Å². The van der Waals surface area contributed by atoms with Crippen molar-refractivity contribution in [1.82, 2.24) is 0 Å². The number of rotatable bonds is 6. The minimum absolute atomic E-state index is 0.0471. The van der Waals surface area contributed by atoms with E-state index in [0.29, 0.717) is 0 Å². The van der Waals surface area contributed by atoms with Gasteiger partial charge in [-0.15, -0.1) is 6.58 Å². The first-order valence-corrected chi connectivity index (χ1v) is 13.7. The van der Waals surface area contributed by atoms with Crippen LogP contribution in [0.1, 0.15) is 85.4 Å². The van der Waals surface area contributed by atoms with E-state index in [1.54, 1.807) is 0 Å². The Hall–Kier alpha value is -3.38. The molecule has 0 N–H and O–H groups in total. The second-order valence-electron chi connectivity index (χ2n) is 12.1. The molecule has 4 aromatic carbocycles. The van der Waals surface area contributed by atoms with E-state index in [1.807, 2.05) is 0 Å².